The molecule has 0 saturated heterocycles. The number of carbonyl (C=O) groups is 1. The summed E-state index contributed by atoms with van der Waals surface area (Å²) in [5.41, 5.74) is 6.05. The summed E-state index contributed by atoms with van der Waals surface area (Å²) in [5, 5.41) is 13.1. The van der Waals surface area contributed by atoms with Crippen molar-refractivity contribution in [3.8, 4) is 11.4 Å². The van der Waals surface area contributed by atoms with Crippen LogP contribution in [0.15, 0.2) is 36.5 Å². The first-order valence-corrected chi connectivity index (χ1v) is 5.93. The van der Waals surface area contributed by atoms with Crippen molar-refractivity contribution < 1.29 is 14.6 Å². The minimum Gasteiger partial charge on any atom is -0.489 e. The quantitative estimate of drug-likeness (QED) is 0.765. The highest BCUT2D eigenvalue weighted by molar-refractivity contribution is 5.88. The maximum atomic E-state index is 11.1. The van der Waals surface area contributed by atoms with Crippen molar-refractivity contribution in [2.75, 3.05) is 13.2 Å². The minimum atomic E-state index is -1.11. The van der Waals surface area contributed by atoms with E-state index in [1.165, 1.54) is 4.68 Å². The lowest BCUT2D eigenvalue weighted by Gasteiger charge is -2.02. The Morgan fingerprint density at radius 2 is 2.11 bits per heavy atom. The van der Waals surface area contributed by atoms with Gasteiger partial charge in [-0.1, -0.05) is 18.2 Å². The molecule has 2 rings (SSSR count). The molecule has 100 valence electrons. The molecule has 6 heteroatoms. The lowest BCUT2D eigenvalue weighted by molar-refractivity contribution is 0.0685. The molecule has 0 radical (unpaired) electrons. The zero-order valence-corrected chi connectivity index (χ0v) is 10.3. The van der Waals surface area contributed by atoms with E-state index in [2.05, 4.69) is 5.10 Å². The molecule has 0 aliphatic heterocycles. The van der Waals surface area contributed by atoms with E-state index < -0.39 is 5.97 Å². The van der Waals surface area contributed by atoms with E-state index in [0.717, 1.165) is 5.69 Å². The molecule has 0 unspecified atom stereocenters. The molecule has 0 atom stereocenters. The average Bonchev–Trinajstić information content (AvgIpc) is 2.84. The fourth-order valence-corrected chi connectivity index (χ4v) is 1.59. The molecule has 3 N–H and O–H groups in total. The molecule has 6 nitrogen and oxygen atoms in total. The maximum absolute atomic E-state index is 11.1. The summed E-state index contributed by atoms with van der Waals surface area (Å²) in [6, 6.07) is 9.26. The topological polar surface area (TPSA) is 90.4 Å². The second-order valence-corrected chi connectivity index (χ2v) is 3.92. The highest BCUT2D eigenvalue weighted by Gasteiger charge is 2.17. The van der Waals surface area contributed by atoms with Crippen LogP contribution >= 0.6 is 0 Å². The van der Waals surface area contributed by atoms with E-state index >= 15 is 0 Å². The zero-order valence-electron chi connectivity index (χ0n) is 10.3. The molecule has 0 spiro atoms. The smallest absolute Gasteiger partial charge is 0.360 e. The Bertz CT molecular complexity index is 552. The molecule has 19 heavy (non-hydrogen) atoms. The van der Waals surface area contributed by atoms with E-state index in [4.69, 9.17) is 15.6 Å². The highest BCUT2D eigenvalue weighted by atomic mass is 16.5. The standard InChI is InChI=1S/C13H15N3O3/c14-7-4-8-19-11-9-16(15-12(11)13(17)18)10-5-2-1-3-6-10/h1-3,5-6,9H,4,7-8,14H2,(H,17,18). The van der Waals surface area contributed by atoms with Crippen molar-refractivity contribution in [3.63, 3.8) is 0 Å². The summed E-state index contributed by atoms with van der Waals surface area (Å²) >= 11 is 0. The second kappa shape index (κ2) is 6.01. The molecular formula is C13H15N3O3. The average molecular weight is 261 g/mol. The third-order valence-corrected chi connectivity index (χ3v) is 2.51. The molecule has 1 aromatic heterocycles. The van der Waals surface area contributed by atoms with Gasteiger partial charge in [-0.3, -0.25) is 0 Å². The third kappa shape index (κ3) is 3.11. The Balaban J connectivity index is 2.27. The number of aromatic carboxylic acids is 1. The van der Waals surface area contributed by atoms with Gasteiger partial charge in [-0.25, -0.2) is 9.48 Å². The highest BCUT2D eigenvalue weighted by Crippen LogP contribution is 2.20. The van der Waals surface area contributed by atoms with Gasteiger partial charge < -0.3 is 15.6 Å². The van der Waals surface area contributed by atoms with Crippen LogP contribution < -0.4 is 10.5 Å². The number of hydrogen-bond donors (Lipinski definition) is 2. The van der Waals surface area contributed by atoms with Crippen LogP contribution in [0.4, 0.5) is 0 Å². The van der Waals surface area contributed by atoms with Crippen LogP contribution in [-0.4, -0.2) is 34.0 Å². The number of carboxylic acid groups (broad SMARTS) is 1. The van der Waals surface area contributed by atoms with E-state index in [0.29, 0.717) is 19.6 Å². The fraction of sp³-hybridized carbons (Fsp3) is 0.231. The Morgan fingerprint density at radius 3 is 2.74 bits per heavy atom. The molecule has 0 amide bonds. The van der Waals surface area contributed by atoms with Crippen molar-refractivity contribution >= 4 is 5.97 Å². The summed E-state index contributed by atoms with van der Waals surface area (Å²) in [7, 11) is 0. The first-order chi connectivity index (χ1) is 9.22. The summed E-state index contributed by atoms with van der Waals surface area (Å²) < 4.78 is 6.88. The molecule has 2 aromatic rings. The van der Waals surface area contributed by atoms with Crippen molar-refractivity contribution in [1.29, 1.82) is 0 Å². The summed E-state index contributed by atoms with van der Waals surface area (Å²) in [4.78, 5) is 11.1. The number of ether oxygens (including phenoxy) is 1. The first-order valence-electron chi connectivity index (χ1n) is 5.93. The number of benzene rings is 1. The number of hydrogen-bond acceptors (Lipinski definition) is 4. The summed E-state index contributed by atoms with van der Waals surface area (Å²) in [5.74, 6) is -0.859. The second-order valence-electron chi connectivity index (χ2n) is 3.92. The van der Waals surface area contributed by atoms with Gasteiger partial charge in [0.2, 0.25) is 5.69 Å². The van der Waals surface area contributed by atoms with E-state index in [-0.39, 0.29) is 11.4 Å². The van der Waals surface area contributed by atoms with E-state index in [1.807, 2.05) is 30.3 Å². The Kier molecular flexibility index (Phi) is 4.15. The van der Waals surface area contributed by atoms with Crippen LogP contribution in [0.2, 0.25) is 0 Å². The molecule has 1 heterocycles. The molecule has 0 saturated carbocycles. The number of carboxylic acids is 1. The molecular weight excluding hydrogens is 246 g/mol. The van der Waals surface area contributed by atoms with Gasteiger partial charge in [0.25, 0.3) is 0 Å². The lowest BCUT2D eigenvalue weighted by Crippen LogP contribution is -2.08. The van der Waals surface area contributed by atoms with Crippen LogP contribution in [0.3, 0.4) is 0 Å². The predicted molar refractivity (Wildman–Crippen MR) is 69.7 cm³/mol. The van der Waals surface area contributed by atoms with Gasteiger partial charge in [0.1, 0.15) is 0 Å². The minimum absolute atomic E-state index is 0.0964. The Labute approximate surface area is 110 Å². The largest absolute Gasteiger partial charge is 0.489 e. The molecule has 0 aliphatic rings. The predicted octanol–water partition coefficient (Wildman–Crippen LogP) is 1.30. The van der Waals surface area contributed by atoms with Crippen molar-refractivity contribution in [2.45, 2.75) is 6.42 Å². The Hall–Kier alpha value is -2.34. The zero-order chi connectivity index (χ0) is 13.7. The number of nitrogens with two attached hydrogens (primary N) is 1. The van der Waals surface area contributed by atoms with Crippen LogP contribution in [0, 0.1) is 0 Å². The first kappa shape index (κ1) is 13.1. The molecule has 1 aromatic carbocycles. The van der Waals surface area contributed by atoms with Crippen molar-refractivity contribution in [2.24, 2.45) is 5.73 Å². The van der Waals surface area contributed by atoms with Gasteiger partial charge in [-0.2, -0.15) is 5.10 Å². The summed E-state index contributed by atoms with van der Waals surface area (Å²) in [6.07, 6.45) is 2.23. The number of rotatable bonds is 6. The molecule has 0 aliphatic carbocycles. The number of aromatic nitrogens is 2. The summed E-state index contributed by atoms with van der Waals surface area (Å²) in [6.45, 7) is 0.868. The monoisotopic (exact) mass is 261 g/mol. The van der Waals surface area contributed by atoms with Crippen LogP contribution in [0.5, 0.6) is 5.75 Å². The Morgan fingerprint density at radius 1 is 1.37 bits per heavy atom. The van der Waals surface area contributed by atoms with Gasteiger partial charge in [0, 0.05) is 0 Å². The van der Waals surface area contributed by atoms with Crippen LogP contribution in [0.1, 0.15) is 16.9 Å². The molecule has 0 fully saturated rings. The van der Waals surface area contributed by atoms with Crippen LogP contribution in [0.25, 0.3) is 5.69 Å². The number of para-hydroxylation sites is 1. The van der Waals surface area contributed by atoms with Gasteiger partial charge in [0.05, 0.1) is 18.5 Å². The van der Waals surface area contributed by atoms with Gasteiger partial charge in [0.15, 0.2) is 5.75 Å². The third-order valence-electron chi connectivity index (χ3n) is 2.51. The van der Waals surface area contributed by atoms with Crippen LogP contribution in [-0.2, 0) is 0 Å². The molecule has 0 bridgehead atoms. The van der Waals surface area contributed by atoms with Crippen molar-refractivity contribution in [1.82, 2.24) is 9.78 Å². The van der Waals surface area contributed by atoms with E-state index in [9.17, 15) is 4.79 Å². The van der Waals surface area contributed by atoms with Crippen molar-refractivity contribution in [3.05, 3.63) is 42.2 Å². The van der Waals surface area contributed by atoms with Gasteiger partial charge in [-0.05, 0) is 25.1 Å². The lowest BCUT2D eigenvalue weighted by atomic mass is 10.3. The van der Waals surface area contributed by atoms with Gasteiger partial charge >= 0.3 is 5.97 Å². The SMILES string of the molecule is NCCCOc1cn(-c2ccccc2)nc1C(=O)O. The van der Waals surface area contributed by atoms with E-state index in [1.54, 1.807) is 6.20 Å². The fourth-order valence-electron chi connectivity index (χ4n) is 1.59. The maximum Gasteiger partial charge on any atom is 0.360 e. The number of nitrogens with zero attached hydrogens (tertiary/aromatic N) is 2. The normalized spacial score (nSPS) is 10.4. The van der Waals surface area contributed by atoms with Gasteiger partial charge in [-0.15, -0.1) is 0 Å².